The first-order chi connectivity index (χ1) is 15.5. The summed E-state index contributed by atoms with van der Waals surface area (Å²) in [6.07, 6.45) is 1.05. The summed E-state index contributed by atoms with van der Waals surface area (Å²) in [4.78, 5) is 24.8. The largest absolute Gasteiger partial charge is 0.493 e. The molecule has 0 atom stereocenters. The van der Waals surface area contributed by atoms with Crippen LogP contribution in [0.3, 0.4) is 0 Å². The van der Waals surface area contributed by atoms with Crippen molar-refractivity contribution in [2.75, 3.05) is 17.2 Å². The number of benzene rings is 3. The SMILES string of the molecule is CCOc1ccccc1C(=O)NC(=S)Nc1cccc(NC(=O)CCc2ccccc2)c1. The van der Waals surface area contributed by atoms with Crippen LogP contribution in [0.2, 0.25) is 0 Å². The second-order valence-electron chi connectivity index (χ2n) is 6.95. The molecule has 3 aromatic carbocycles. The summed E-state index contributed by atoms with van der Waals surface area (Å²) in [5.41, 5.74) is 2.81. The molecule has 0 spiro atoms. The molecule has 32 heavy (non-hydrogen) atoms. The van der Waals surface area contributed by atoms with E-state index in [0.29, 0.717) is 42.1 Å². The number of thiocarbonyl (C=S) groups is 1. The van der Waals surface area contributed by atoms with Crippen molar-refractivity contribution in [1.29, 1.82) is 0 Å². The summed E-state index contributed by atoms with van der Waals surface area (Å²) in [5.74, 6) is 0.0573. The van der Waals surface area contributed by atoms with Gasteiger partial charge in [-0.3, -0.25) is 14.9 Å². The zero-order valence-corrected chi connectivity index (χ0v) is 18.6. The van der Waals surface area contributed by atoms with Crippen molar-refractivity contribution in [2.45, 2.75) is 19.8 Å². The lowest BCUT2D eigenvalue weighted by Gasteiger charge is -2.13. The molecule has 3 aromatic rings. The second-order valence-corrected chi connectivity index (χ2v) is 7.36. The number of amides is 2. The van der Waals surface area contributed by atoms with Crippen molar-refractivity contribution < 1.29 is 14.3 Å². The van der Waals surface area contributed by atoms with Crippen LogP contribution in [0.1, 0.15) is 29.3 Å². The lowest BCUT2D eigenvalue weighted by molar-refractivity contribution is -0.116. The molecule has 3 N–H and O–H groups in total. The second kappa shape index (κ2) is 11.6. The molecule has 0 radical (unpaired) electrons. The van der Waals surface area contributed by atoms with E-state index in [1.54, 1.807) is 48.5 Å². The normalized spacial score (nSPS) is 10.2. The molecule has 6 nitrogen and oxygen atoms in total. The summed E-state index contributed by atoms with van der Waals surface area (Å²) in [5, 5.41) is 8.66. The first kappa shape index (κ1) is 23.0. The summed E-state index contributed by atoms with van der Waals surface area (Å²) in [7, 11) is 0. The topological polar surface area (TPSA) is 79.5 Å². The first-order valence-corrected chi connectivity index (χ1v) is 10.7. The Labute approximate surface area is 193 Å². The van der Waals surface area contributed by atoms with Gasteiger partial charge in [-0.15, -0.1) is 0 Å². The highest BCUT2D eigenvalue weighted by molar-refractivity contribution is 7.80. The van der Waals surface area contributed by atoms with E-state index in [1.807, 2.05) is 37.3 Å². The molecule has 164 valence electrons. The van der Waals surface area contributed by atoms with Gasteiger partial charge < -0.3 is 15.4 Å². The fourth-order valence-corrected chi connectivity index (χ4v) is 3.28. The van der Waals surface area contributed by atoms with E-state index in [0.717, 1.165) is 5.56 Å². The molecular formula is C25H25N3O3S. The molecule has 0 unspecified atom stereocenters. The van der Waals surface area contributed by atoms with E-state index in [1.165, 1.54) is 0 Å². The number of ether oxygens (including phenoxy) is 1. The smallest absolute Gasteiger partial charge is 0.261 e. The highest BCUT2D eigenvalue weighted by Gasteiger charge is 2.13. The Balaban J connectivity index is 1.54. The number of nitrogens with one attached hydrogen (secondary N) is 3. The molecule has 0 bridgehead atoms. The quantitative estimate of drug-likeness (QED) is 0.433. The predicted molar refractivity (Wildman–Crippen MR) is 131 cm³/mol. The van der Waals surface area contributed by atoms with Crippen LogP contribution in [0.15, 0.2) is 78.9 Å². The minimum absolute atomic E-state index is 0.0746. The Morgan fingerprint density at radius 3 is 2.31 bits per heavy atom. The summed E-state index contributed by atoms with van der Waals surface area (Å²) >= 11 is 5.28. The van der Waals surface area contributed by atoms with E-state index in [4.69, 9.17) is 17.0 Å². The number of rotatable bonds is 8. The molecular weight excluding hydrogens is 422 g/mol. The highest BCUT2D eigenvalue weighted by Crippen LogP contribution is 2.18. The van der Waals surface area contributed by atoms with Gasteiger partial charge in [0.15, 0.2) is 5.11 Å². The van der Waals surface area contributed by atoms with Gasteiger partial charge in [0, 0.05) is 17.8 Å². The van der Waals surface area contributed by atoms with Crippen LogP contribution in [0.25, 0.3) is 0 Å². The highest BCUT2D eigenvalue weighted by atomic mass is 32.1. The maximum atomic E-state index is 12.6. The summed E-state index contributed by atoms with van der Waals surface area (Å²) in [6, 6.07) is 24.0. The fraction of sp³-hybridized carbons (Fsp3) is 0.160. The first-order valence-electron chi connectivity index (χ1n) is 10.3. The maximum absolute atomic E-state index is 12.6. The third-order valence-electron chi connectivity index (χ3n) is 4.55. The van der Waals surface area contributed by atoms with Crippen LogP contribution < -0.4 is 20.7 Å². The number of para-hydroxylation sites is 1. The van der Waals surface area contributed by atoms with Crippen LogP contribution >= 0.6 is 12.2 Å². The number of anilines is 2. The Morgan fingerprint density at radius 1 is 0.875 bits per heavy atom. The lowest BCUT2D eigenvalue weighted by atomic mass is 10.1. The molecule has 0 fully saturated rings. The predicted octanol–water partition coefficient (Wildman–Crippen LogP) is 4.78. The number of aryl methyl sites for hydroxylation is 1. The van der Waals surface area contributed by atoms with E-state index in [9.17, 15) is 9.59 Å². The molecule has 2 amide bonds. The Hall–Kier alpha value is -3.71. The van der Waals surface area contributed by atoms with Crippen LogP contribution in [0.4, 0.5) is 11.4 Å². The molecule has 0 aliphatic carbocycles. The summed E-state index contributed by atoms with van der Waals surface area (Å²) < 4.78 is 5.49. The van der Waals surface area contributed by atoms with Gasteiger partial charge >= 0.3 is 0 Å². The molecule has 0 aliphatic rings. The number of carbonyl (C=O) groups is 2. The molecule has 7 heteroatoms. The fourth-order valence-electron chi connectivity index (χ4n) is 3.07. The van der Waals surface area contributed by atoms with Gasteiger partial charge in [-0.25, -0.2) is 0 Å². The molecule has 0 aliphatic heterocycles. The van der Waals surface area contributed by atoms with E-state index in [2.05, 4.69) is 16.0 Å². The number of hydrogen-bond donors (Lipinski definition) is 3. The molecule has 0 saturated heterocycles. The van der Waals surface area contributed by atoms with Gasteiger partial charge in [0.1, 0.15) is 5.75 Å². The molecule has 3 rings (SSSR count). The van der Waals surface area contributed by atoms with Crippen LogP contribution in [0.5, 0.6) is 5.75 Å². The van der Waals surface area contributed by atoms with Gasteiger partial charge in [-0.05, 0) is 61.5 Å². The van der Waals surface area contributed by atoms with Crippen molar-refractivity contribution in [1.82, 2.24) is 5.32 Å². The van der Waals surface area contributed by atoms with Gasteiger partial charge in [0.2, 0.25) is 5.91 Å². The molecule has 0 aromatic heterocycles. The summed E-state index contributed by atoms with van der Waals surface area (Å²) in [6.45, 7) is 2.31. The molecule has 0 saturated carbocycles. The standard InChI is InChI=1S/C25H25N3O3S/c1-2-31-22-14-7-6-13-21(22)24(30)28-25(32)27-20-12-8-11-19(17-20)26-23(29)16-15-18-9-4-3-5-10-18/h3-14,17H,2,15-16H2,1H3,(H,26,29)(H2,27,28,30,32). The Kier molecular flexibility index (Phi) is 8.34. The minimum atomic E-state index is -0.364. The van der Waals surface area contributed by atoms with Gasteiger partial charge in [-0.2, -0.15) is 0 Å². The van der Waals surface area contributed by atoms with Crippen molar-refractivity contribution in [3.63, 3.8) is 0 Å². The van der Waals surface area contributed by atoms with Crippen molar-refractivity contribution in [2.24, 2.45) is 0 Å². The van der Waals surface area contributed by atoms with Gasteiger partial charge in [0.25, 0.3) is 5.91 Å². The van der Waals surface area contributed by atoms with Crippen molar-refractivity contribution >= 4 is 40.5 Å². The molecule has 0 heterocycles. The monoisotopic (exact) mass is 447 g/mol. The van der Waals surface area contributed by atoms with Crippen LogP contribution in [-0.4, -0.2) is 23.5 Å². The van der Waals surface area contributed by atoms with Crippen LogP contribution in [0, 0.1) is 0 Å². The van der Waals surface area contributed by atoms with Crippen molar-refractivity contribution in [3.05, 3.63) is 90.0 Å². The Morgan fingerprint density at radius 2 is 1.56 bits per heavy atom. The number of carbonyl (C=O) groups excluding carboxylic acids is 2. The van der Waals surface area contributed by atoms with Crippen LogP contribution in [-0.2, 0) is 11.2 Å². The maximum Gasteiger partial charge on any atom is 0.261 e. The van der Waals surface area contributed by atoms with E-state index in [-0.39, 0.29) is 16.9 Å². The van der Waals surface area contributed by atoms with Crippen molar-refractivity contribution in [3.8, 4) is 5.75 Å². The lowest BCUT2D eigenvalue weighted by Crippen LogP contribution is -2.34. The van der Waals surface area contributed by atoms with E-state index >= 15 is 0 Å². The Bertz CT molecular complexity index is 1090. The number of hydrogen-bond acceptors (Lipinski definition) is 4. The zero-order chi connectivity index (χ0) is 22.8. The zero-order valence-electron chi connectivity index (χ0n) is 17.8. The van der Waals surface area contributed by atoms with Gasteiger partial charge in [-0.1, -0.05) is 48.5 Å². The third kappa shape index (κ3) is 6.92. The third-order valence-corrected chi connectivity index (χ3v) is 4.75. The average molecular weight is 448 g/mol. The van der Waals surface area contributed by atoms with E-state index < -0.39 is 0 Å². The minimum Gasteiger partial charge on any atom is -0.493 e. The van der Waals surface area contributed by atoms with Gasteiger partial charge in [0.05, 0.1) is 12.2 Å². The average Bonchev–Trinajstić information content (AvgIpc) is 2.79.